The summed E-state index contributed by atoms with van der Waals surface area (Å²) in [6.07, 6.45) is -0.969. The molecule has 0 spiro atoms. The van der Waals surface area contributed by atoms with Gasteiger partial charge in [0.15, 0.2) is 6.10 Å². The number of primary amides is 1. The molecule has 7 heteroatoms. The van der Waals surface area contributed by atoms with Gasteiger partial charge in [-0.2, -0.15) is 0 Å². The molecule has 0 radical (unpaired) electrons. The Hall–Kier alpha value is -3.35. The molecule has 1 atom stereocenters. The number of hydrogen-bond donors (Lipinski definition) is 2. The van der Waals surface area contributed by atoms with Gasteiger partial charge in [-0.05, 0) is 69.3 Å². The van der Waals surface area contributed by atoms with Crippen LogP contribution < -0.4 is 15.8 Å². The summed E-state index contributed by atoms with van der Waals surface area (Å²) in [6, 6.07) is 12.6. The largest absolute Gasteiger partial charge is 0.491 e. The van der Waals surface area contributed by atoms with Gasteiger partial charge in [-0.1, -0.05) is 0 Å². The topological polar surface area (TPSA) is 108 Å². The molecule has 7 nitrogen and oxygen atoms in total. The second-order valence-corrected chi connectivity index (χ2v) is 6.17. The summed E-state index contributed by atoms with van der Waals surface area (Å²) < 4.78 is 10.7. The number of anilines is 1. The third kappa shape index (κ3) is 5.85. The number of esters is 1. The molecular weight excluding hydrogens is 348 g/mol. The zero-order chi connectivity index (χ0) is 20.0. The van der Waals surface area contributed by atoms with Crippen LogP contribution in [0.1, 0.15) is 41.5 Å². The smallest absolute Gasteiger partial charge is 0.338 e. The molecule has 142 valence electrons. The number of nitrogens with two attached hydrogens (primary N) is 1. The first-order valence-electron chi connectivity index (χ1n) is 8.44. The molecular formula is C20H22N2O5. The first kappa shape index (κ1) is 20.0. The molecule has 0 aromatic heterocycles. The Kier molecular flexibility index (Phi) is 6.54. The van der Waals surface area contributed by atoms with Gasteiger partial charge in [0.2, 0.25) is 5.91 Å². The van der Waals surface area contributed by atoms with Crippen molar-refractivity contribution in [3.05, 3.63) is 59.7 Å². The monoisotopic (exact) mass is 370 g/mol. The van der Waals surface area contributed by atoms with Gasteiger partial charge in [-0.3, -0.25) is 9.59 Å². The molecule has 0 bridgehead atoms. The van der Waals surface area contributed by atoms with Crippen molar-refractivity contribution in [2.75, 3.05) is 5.32 Å². The highest BCUT2D eigenvalue weighted by Gasteiger charge is 2.19. The molecule has 0 fully saturated rings. The zero-order valence-corrected chi connectivity index (χ0v) is 15.4. The molecule has 0 aliphatic carbocycles. The molecule has 0 aliphatic heterocycles. The van der Waals surface area contributed by atoms with Gasteiger partial charge >= 0.3 is 5.97 Å². The fraction of sp³-hybridized carbons (Fsp3) is 0.250. The third-order valence-electron chi connectivity index (χ3n) is 3.55. The maximum absolute atomic E-state index is 12.2. The van der Waals surface area contributed by atoms with Crippen LogP contribution in [0.2, 0.25) is 0 Å². The molecule has 27 heavy (non-hydrogen) atoms. The van der Waals surface area contributed by atoms with Crippen molar-refractivity contribution in [3.63, 3.8) is 0 Å². The SMILES string of the molecule is CC(C)Oc1ccc(C(=O)O[C@@H](C)C(=O)Nc2ccc(C(N)=O)cc2)cc1. The molecule has 2 aromatic rings. The predicted octanol–water partition coefficient (Wildman–Crippen LogP) is 2.76. The van der Waals surface area contributed by atoms with E-state index in [1.807, 2.05) is 13.8 Å². The molecule has 0 unspecified atom stereocenters. The van der Waals surface area contributed by atoms with Crippen LogP contribution in [0.15, 0.2) is 48.5 Å². The number of nitrogens with one attached hydrogen (secondary N) is 1. The van der Waals surface area contributed by atoms with Crippen LogP contribution in [0.4, 0.5) is 5.69 Å². The minimum Gasteiger partial charge on any atom is -0.491 e. The summed E-state index contributed by atoms with van der Waals surface area (Å²) in [4.78, 5) is 35.4. The van der Waals surface area contributed by atoms with Crippen molar-refractivity contribution in [1.82, 2.24) is 0 Å². The van der Waals surface area contributed by atoms with Gasteiger partial charge in [0.05, 0.1) is 11.7 Å². The summed E-state index contributed by atoms with van der Waals surface area (Å²) in [7, 11) is 0. The van der Waals surface area contributed by atoms with Crippen LogP contribution in [0.25, 0.3) is 0 Å². The van der Waals surface area contributed by atoms with Crippen molar-refractivity contribution >= 4 is 23.5 Å². The van der Waals surface area contributed by atoms with Crippen molar-refractivity contribution in [2.45, 2.75) is 33.0 Å². The second-order valence-electron chi connectivity index (χ2n) is 6.17. The Labute approximate surface area is 157 Å². The predicted molar refractivity (Wildman–Crippen MR) is 101 cm³/mol. The quantitative estimate of drug-likeness (QED) is 0.729. The first-order chi connectivity index (χ1) is 12.8. The summed E-state index contributed by atoms with van der Waals surface area (Å²) in [5.41, 5.74) is 6.27. The highest BCUT2D eigenvalue weighted by molar-refractivity contribution is 5.98. The van der Waals surface area contributed by atoms with E-state index in [4.69, 9.17) is 15.2 Å². The highest BCUT2D eigenvalue weighted by atomic mass is 16.5. The lowest BCUT2D eigenvalue weighted by atomic mass is 10.2. The van der Waals surface area contributed by atoms with Crippen LogP contribution >= 0.6 is 0 Å². The second kappa shape index (κ2) is 8.84. The average molecular weight is 370 g/mol. The molecule has 0 aliphatic rings. The van der Waals surface area contributed by atoms with Gasteiger partial charge in [0.1, 0.15) is 5.75 Å². The van der Waals surface area contributed by atoms with Crippen LogP contribution in [0.5, 0.6) is 5.75 Å². The van der Waals surface area contributed by atoms with Crippen LogP contribution in [0, 0.1) is 0 Å². The molecule has 2 rings (SSSR count). The van der Waals surface area contributed by atoms with Gasteiger partial charge < -0.3 is 20.5 Å². The minimum absolute atomic E-state index is 0.0311. The van der Waals surface area contributed by atoms with E-state index in [1.165, 1.54) is 19.1 Å². The number of rotatable bonds is 7. The number of benzene rings is 2. The Balaban J connectivity index is 1.92. The summed E-state index contributed by atoms with van der Waals surface area (Å²) in [5, 5.41) is 2.61. The Bertz CT molecular complexity index is 813. The van der Waals surface area contributed by atoms with Crippen molar-refractivity contribution < 1.29 is 23.9 Å². The molecule has 3 N–H and O–H groups in total. The van der Waals surface area contributed by atoms with Crippen molar-refractivity contribution in [1.29, 1.82) is 0 Å². The summed E-state index contributed by atoms with van der Waals surface area (Å²) >= 11 is 0. The Morgan fingerprint density at radius 3 is 1.96 bits per heavy atom. The maximum atomic E-state index is 12.2. The average Bonchev–Trinajstić information content (AvgIpc) is 2.62. The molecule has 0 saturated heterocycles. The lowest BCUT2D eigenvalue weighted by Gasteiger charge is -2.14. The fourth-order valence-electron chi connectivity index (χ4n) is 2.19. The zero-order valence-electron chi connectivity index (χ0n) is 15.4. The summed E-state index contributed by atoms with van der Waals surface area (Å²) in [5.74, 6) is -1.01. The van der Waals surface area contributed by atoms with Gasteiger partial charge in [-0.15, -0.1) is 0 Å². The Morgan fingerprint density at radius 1 is 0.889 bits per heavy atom. The first-order valence-corrected chi connectivity index (χ1v) is 8.44. The van der Waals surface area contributed by atoms with Crippen molar-refractivity contribution in [3.8, 4) is 5.75 Å². The standard InChI is InChI=1S/C20H22N2O5/c1-12(2)26-17-10-6-15(7-11-17)20(25)27-13(3)19(24)22-16-8-4-14(5-9-16)18(21)23/h4-13H,1-3H3,(H2,21,23)(H,22,24)/t13-/m0/s1. The van der Waals surface area contributed by atoms with E-state index in [0.717, 1.165) is 0 Å². The van der Waals surface area contributed by atoms with Crippen LogP contribution in [-0.4, -0.2) is 30.0 Å². The van der Waals surface area contributed by atoms with E-state index in [0.29, 0.717) is 22.6 Å². The molecule has 0 heterocycles. The number of carbonyl (C=O) groups excluding carboxylic acids is 3. The molecule has 0 saturated carbocycles. The third-order valence-corrected chi connectivity index (χ3v) is 3.55. The van der Waals surface area contributed by atoms with E-state index < -0.39 is 23.9 Å². The van der Waals surface area contributed by atoms with Gasteiger partial charge in [0, 0.05) is 11.3 Å². The van der Waals surface area contributed by atoms with E-state index in [1.54, 1.807) is 36.4 Å². The number of carbonyl (C=O) groups is 3. The van der Waals surface area contributed by atoms with Crippen LogP contribution in [-0.2, 0) is 9.53 Å². The number of ether oxygens (including phenoxy) is 2. The van der Waals surface area contributed by atoms with Gasteiger partial charge in [-0.25, -0.2) is 4.79 Å². The van der Waals surface area contributed by atoms with E-state index in [9.17, 15) is 14.4 Å². The Morgan fingerprint density at radius 2 is 1.44 bits per heavy atom. The number of hydrogen-bond acceptors (Lipinski definition) is 5. The maximum Gasteiger partial charge on any atom is 0.338 e. The van der Waals surface area contributed by atoms with Gasteiger partial charge in [0.25, 0.3) is 5.91 Å². The van der Waals surface area contributed by atoms with E-state index in [-0.39, 0.29) is 6.10 Å². The molecule has 2 aromatic carbocycles. The minimum atomic E-state index is -1.00. The van der Waals surface area contributed by atoms with Crippen LogP contribution in [0.3, 0.4) is 0 Å². The fourth-order valence-corrected chi connectivity index (χ4v) is 2.19. The normalized spacial score (nSPS) is 11.6. The van der Waals surface area contributed by atoms with E-state index in [2.05, 4.69) is 5.32 Å². The van der Waals surface area contributed by atoms with E-state index >= 15 is 0 Å². The molecule has 2 amide bonds. The number of amides is 2. The summed E-state index contributed by atoms with van der Waals surface area (Å²) in [6.45, 7) is 5.29. The lowest BCUT2D eigenvalue weighted by Crippen LogP contribution is -2.30. The highest BCUT2D eigenvalue weighted by Crippen LogP contribution is 2.15. The lowest BCUT2D eigenvalue weighted by molar-refractivity contribution is -0.123. The van der Waals surface area contributed by atoms with Crippen molar-refractivity contribution in [2.24, 2.45) is 5.73 Å².